The van der Waals surface area contributed by atoms with Crippen LogP contribution in [0.1, 0.15) is 24.0 Å². The smallest absolute Gasteiger partial charge is 0.0610 e. The predicted molar refractivity (Wildman–Crippen MR) is 69.4 cm³/mol. The summed E-state index contributed by atoms with van der Waals surface area (Å²) in [5.74, 6) is 0.348. The highest BCUT2D eigenvalue weighted by atomic mass is 35.5. The number of aliphatic hydroxyl groups is 1. The van der Waals surface area contributed by atoms with E-state index in [1.165, 1.54) is 0 Å². The molecule has 1 N–H and O–H groups in total. The molecule has 2 nitrogen and oxygen atoms in total. The Bertz CT molecular complexity index is 372. The Kier molecular flexibility index (Phi) is 4.43. The quantitative estimate of drug-likeness (QED) is 0.899. The topological polar surface area (TPSA) is 29.5 Å². The van der Waals surface area contributed by atoms with E-state index in [0.717, 1.165) is 42.2 Å². The number of hydrogen-bond donors (Lipinski definition) is 1. The van der Waals surface area contributed by atoms with Crippen molar-refractivity contribution < 1.29 is 9.84 Å². The molecule has 0 spiro atoms. The SMILES string of the molecule is Cc1ccc(CC(O)C2CCOCC2)c(Cl)c1. The highest BCUT2D eigenvalue weighted by Crippen LogP contribution is 2.25. The molecular weight excluding hydrogens is 236 g/mol. The van der Waals surface area contributed by atoms with Crippen molar-refractivity contribution in [3.63, 3.8) is 0 Å². The minimum Gasteiger partial charge on any atom is -0.392 e. The van der Waals surface area contributed by atoms with Crippen LogP contribution in [0.2, 0.25) is 5.02 Å². The first kappa shape index (κ1) is 12.9. The zero-order valence-electron chi connectivity index (χ0n) is 10.2. The van der Waals surface area contributed by atoms with Crippen molar-refractivity contribution in [2.24, 2.45) is 5.92 Å². The van der Waals surface area contributed by atoms with Gasteiger partial charge in [0.05, 0.1) is 6.10 Å². The van der Waals surface area contributed by atoms with Crippen molar-refractivity contribution in [3.05, 3.63) is 34.3 Å². The molecule has 1 atom stereocenters. The molecule has 1 aromatic rings. The van der Waals surface area contributed by atoms with Crippen LogP contribution in [0.3, 0.4) is 0 Å². The molecule has 1 saturated heterocycles. The maximum atomic E-state index is 10.2. The molecule has 1 unspecified atom stereocenters. The molecule has 3 heteroatoms. The molecule has 1 aromatic carbocycles. The van der Waals surface area contributed by atoms with E-state index in [1.807, 2.05) is 25.1 Å². The summed E-state index contributed by atoms with van der Waals surface area (Å²) in [6, 6.07) is 6.01. The maximum Gasteiger partial charge on any atom is 0.0610 e. The summed E-state index contributed by atoms with van der Waals surface area (Å²) in [5, 5.41) is 11.0. The Morgan fingerprint density at radius 2 is 2.12 bits per heavy atom. The number of hydrogen-bond acceptors (Lipinski definition) is 2. The lowest BCUT2D eigenvalue weighted by atomic mass is 9.90. The predicted octanol–water partition coefficient (Wildman–Crippen LogP) is 2.98. The summed E-state index contributed by atoms with van der Waals surface area (Å²) >= 11 is 6.18. The van der Waals surface area contributed by atoms with Gasteiger partial charge in [0.25, 0.3) is 0 Å². The molecule has 0 radical (unpaired) electrons. The van der Waals surface area contributed by atoms with Crippen LogP contribution in [-0.4, -0.2) is 24.4 Å². The molecule has 0 bridgehead atoms. The minimum absolute atomic E-state index is 0.306. The van der Waals surface area contributed by atoms with Gasteiger partial charge in [0.15, 0.2) is 0 Å². The monoisotopic (exact) mass is 254 g/mol. The lowest BCUT2D eigenvalue weighted by Gasteiger charge is -2.27. The summed E-state index contributed by atoms with van der Waals surface area (Å²) in [4.78, 5) is 0. The standard InChI is InChI=1S/C14H19ClO2/c1-10-2-3-12(13(15)8-10)9-14(16)11-4-6-17-7-5-11/h2-3,8,11,14,16H,4-7,9H2,1H3. The molecule has 0 aliphatic carbocycles. The molecule has 2 rings (SSSR count). The third-order valence-electron chi connectivity index (χ3n) is 3.45. The highest BCUT2D eigenvalue weighted by Gasteiger charge is 2.22. The first-order chi connectivity index (χ1) is 8.16. The average Bonchev–Trinajstić information content (AvgIpc) is 2.34. The molecular formula is C14H19ClO2. The molecule has 1 heterocycles. The fourth-order valence-corrected chi connectivity index (χ4v) is 2.62. The number of aliphatic hydroxyl groups excluding tert-OH is 1. The van der Waals surface area contributed by atoms with E-state index in [0.29, 0.717) is 12.3 Å². The van der Waals surface area contributed by atoms with Gasteiger partial charge in [-0.25, -0.2) is 0 Å². The van der Waals surface area contributed by atoms with E-state index >= 15 is 0 Å². The van der Waals surface area contributed by atoms with Gasteiger partial charge in [0.2, 0.25) is 0 Å². The Labute approximate surface area is 108 Å². The van der Waals surface area contributed by atoms with Gasteiger partial charge in [-0.05, 0) is 42.9 Å². The van der Waals surface area contributed by atoms with Gasteiger partial charge in [-0.2, -0.15) is 0 Å². The molecule has 0 saturated carbocycles. The van der Waals surface area contributed by atoms with Crippen molar-refractivity contribution in [2.45, 2.75) is 32.3 Å². The lowest BCUT2D eigenvalue weighted by molar-refractivity contribution is 0.00840. The zero-order chi connectivity index (χ0) is 12.3. The fraction of sp³-hybridized carbons (Fsp3) is 0.571. The lowest BCUT2D eigenvalue weighted by Crippen LogP contribution is -2.29. The maximum absolute atomic E-state index is 10.2. The molecule has 17 heavy (non-hydrogen) atoms. The van der Waals surface area contributed by atoms with Crippen molar-refractivity contribution in [1.29, 1.82) is 0 Å². The van der Waals surface area contributed by atoms with E-state index in [2.05, 4.69) is 0 Å². The number of halogens is 1. The molecule has 1 fully saturated rings. The Hall–Kier alpha value is -0.570. The Morgan fingerprint density at radius 3 is 2.76 bits per heavy atom. The van der Waals surface area contributed by atoms with Crippen LogP contribution in [0, 0.1) is 12.8 Å². The van der Waals surface area contributed by atoms with E-state index < -0.39 is 0 Å². The molecule has 94 valence electrons. The van der Waals surface area contributed by atoms with Crippen molar-refractivity contribution in [1.82, 2.24) is 0 Å². The largest absolute Gasteiger partial charge is 0.392 e. The van der Waals surface area contributed by atoms with Crippen LogP contribution in [0.15, 0.2) is 18.2 Å². The zero-order valence-corrected chi connectivity index (χ0v) is 10.9. The number of aryl methyl sites for hydroxylation is 1. The van der Waals surface area contributed by atoms with Gasteiger partial charge < -0.3 is 9.84 Å². The summed E-state index contributed by atoms with van der Waals surface area (Å²) in [6.45, 7) is 3.55. The van der Waals surface area contributed by atoms with Crippen LogP contribution < -0.4 is 0 Å². The van der Waals surface area contributed by atoms with Gasteiger partial charge in [0.1, 0.15) is 0 Å². The molecule has 0 aromatic heterocycles. The molecule has 1 aliphatic rings. The van der Waals surface area contributed by atoms with Crippen molar-refractivity contribution >= 4 is 11.6 Å². The minimum atomic E-state index is -0.306. The third kappa shape index (κ3) is 3.44. The highest BCUT2D eigenvalue weighted by molar-refractivity contribution is 6.31. The van der Waals surface area contributed by atoms with Gasteiger partial charge in [0, 0.05) is 24.7 Å². The van der Waals surface area contributed by atoms with E-state index in [1.54, 1.807) is 0 Å². The summed E-state index contributed by atoms with van der Waals surface area (Å²) < 4.78 is 5.30. The van der Waals surface area contributed by atoms with Crippen LogP contribution in [0.5, 0.6) is 0 Å². The molecule has 1 aliphatic heterocycles. The fourth-order valence-electron chi connectivity index (χ4n) is 2.31. The summed E-state index contributed by atoms with van der Waals surface area (Å²) in [7, 11) is 0. The summed E-state index contributed by atoms with van der Waals surface area (Å²) in [6.07, 6.45) is 2.23. The first-order valence-corrected chi connectivity index (χ1v) is 6.55. The number of benzene rings is 1. The third-order valence-corrected chi connectivity index (χ3v) is 3.80. The number of rotatable bonds is 3. The Morgan fingerprint density at radius 1 is 1.41 bits per heavy atom. The van der Waals surface area contributed by atoms with Crippen LogP contribution in [0.4, 0.5) is 0 Å². The normalized spacial score (nSPS) is 19.2. The first-order valence-electron chi connectivity index (χ1n) is 6.17. The van der Waals surface area contributed by atoms with Crippen molar-refractivity contribution in [3.8, 4) is 0 Å². The van der Waals surface area contributed by atoms with Crippen LogP contribution in [0.25, 0.3) is 0 Å². The van der Waals surface area contributed by atoms with E-state index in [9.17, 15) is 5.11 Å². The second-order valence-corrected chi connectivity index (χ2v) is 5.22. The van der Waals surface area contributed by atoms with E-state index in [-0.39, 0.29) is 6.10 Å². The van der Waals surface area contributed by atoms with Crippen LogP contribution >= 0.6 is 11.6 Å². The van der Waals surface area contributed by atoms with E-state index in [4.69, 9.17) is 16.3 Å². The number of ether oxygens (including phenoxy) is 1. The van der Waals surface area contributed by atoms with Gasteiger partial charge in [-0.1, -0.05) is 23.7 Å². The summed E-state index contributed by atoms with van der Waals surface area (Å²) in [5.41, 5.74) is 2.19. The van der Waals surface area contributed by atoms with Gasteiger partial charge in [-0.15, -0.1) is 0 Å². The average molecular weight is 255 g/mol. The Balaban J connectivity index is 1.99. The van der Waals surface area contributed by atoms with Gasteiger partial charge in [-0.3, -0.25) is 0 Å². The molecule has 0 amide bonds. The van der Waals surface area contributed by atoms with Crippen molar-refractivity contribution in [2.75, 3.05) is 13.2 Å². The van der Waals surface area contributed by atoms with Crippen LogP contribution in [-0.2, 0) is 11.2 Å². The second kappa shape index (κ2) is 5.85. The second-order valence-electron chi connectivity index (χ2n) is 4.82. The van der Waals surface area contributed by atoms with Gasteiger partial charge >= 0.3 is 0 Å².